The molecule has 4 rings (SSSR count). The number of halogens is 2. The van der Waals surface area contributed by atoms with E-state index in [2.05, 4.69) is 9.88 Å². The van der Waals surface area contributed by atoms with Crippen molar-refractivity contribution in [3.63, 3.8) is 0 Å². The Morgan fingerprint density at radius 2 is 2.26 bits per heavy atom. The summed E-state index contributed by atoms with van der Waals surface area (Å²) in [6, 6.07) is 8.54. The molecule has 6 nitrogen and oxygen atoms in total. The maximum atomic E-state index is 13.2. The molecule has 35 heavy (non-hydrogen) atoms. The minimum Gasteiger partial charge on any atom is -0.497 e. The number of fused-ring (bicyclic) bond motifs is 1. The van der Waals surface area contributed by atoms with Gasteiger partial charge in [-0.25, -0.2) is 0 Å². The number of carbonyl (C=O) groups is 1. The zero-order valence-electron chi connectivity index (χ0n) is 19.5. The molecule has 3 atom stereocenters. The van der Waals surface area contributed by atoms with Gasteiger partial charge in [-0.1, -0.05) is 22.9 Å². The van der Waals surface area contributed by atoms with Crippen LogP contribution in [-0.4, -0.2) is 53.5 Å². The lowest BCUT2D eigenvalue weighted by Crippen LogP contribution is -2.44. The summed E-state index contributed by atoms with van der Waals surface area (Å²) < 4.78 is 19.5. The van der Waals surface area contributed by atoms with Crippen molar-refractivity contribution in [2.45, 2.75) is 29.5 Å². The molecule has 1 aliphatic rings. The van der Waals surface area contributed by atoms with Gasteiger partial charge in [0.1, 0.15) is 5.75 Å². The summed E-state index contributed by atoms with van der Waals surface area (Å²) in [7, 11) is 1.61. The number of hydrogen-bond donors (Lipinski definition) is 2. The molecule has 3 N–H and O–H groups in total. The number of carboxylic acid groups (broad SMARTS) is 1. The fourth-order valence-electron chi connectivity index (χ4n) is 4.76. The normalized spacial score (nSPS) is 19.7. The van der Waals surface area contributed by atoms with Gasteiger partial charge in [0.2, 0.25) is 0 Å². The molecule has 0 bridgehead atoms. The summed E-state index contributed by atoms with van der Waals surface area (Å²) in [5, 5.41) is 11.1. The van der Waals surface area contributed by atoms with Crippen molar-refractivity contribution in [1.29, 1.82) is 0 Å². The maximum Gasteiger partial charge on any atom is 0.308 e. The molecule has 1 saturated heterocycles. The zero-order valence-corrected chi connectivity index (χ0v) is 21.8. The lowest BCUT2D eigenvalue weighted by atomic mass is 9.81. The van der Waals surface area contributed by atoms with Crippen LogP contribution >= 0.6 is 34.7 Å². The van der Waals surface area contributed by atoms with Gasteiger partial charge in [0.15, 0.2) is 5.13 Å². The highest BCUT2D eigenvalue weighted by Crippen LogP contribution is 2.36. The zero-order chi connectivity index (χ0) is 24.9. The molecule has 10 heteroatoms. The van der Waals surface area contributed by atoms with Crippen molar-refractivity contribution in [3.8, 4) is 5.75 Å². The van der Waals surface area contributed by atoms with Crippen LogP contribution in [0, 0.1) is 17.0 Å². The minimum atomic E-state index is -0.765. The van der Waals surface area contributed by atoms with E-state index in [0.29, 0.717) is 30.2 Å². The molecule has 188 valence electrons. The third-order valence-electron chi connectivity index (χ3n) is 6.65. The smallest absolute Gasteiger partial charge is 0.308 e. The number of benzene rings is 1. The van der Waals surface area contributed by atoms with E-state index in [4.69, 9.17) is 22.1 Å². The molecule has 3 aromatic rings. The van der Waals surface area contributed by atoms with Crippen LogP contribution in [0.4, 0.5) is 4.39 Å². The Balaban J connectivity index is 1.37. The summed E-state index contributed by atoms with van der Waals surface area (Å²) in [5.41, 5.74) is 8.22. The molecule has 0 spiro atoms. The third kappa shape index (κ3) is 6.46. The summed E-state index contributed by atoms with van der Waals surface area (Å²) in [6.07, 6.45) is 3.76. The van der Waals surface area contributed by atoms with Gasteiger partial charge in [-0.2, -0.15) is 4.39 Å². The molecule has 3 heterocycles. The van der Waals surface area contributed by atoms with Gasteiger partial charge in [0, 0.05) is 36.5 Å². The highest BCUT2D eigenvalue weighted by Gasteiger charge is 2.34. The molecule has 0 amide bonds. The van der Waals surface area contributed by atoms with Crippen LogP contribution in [0.2, 0.25) is 5.02 Å². The van der Waals surface area contributed by atoms with Gasteiger partial charge in [-0.3, -0.25) is 9.78 Å². The number of aromatic nitrogens is 1. The average molecular weight is 538 g/mol. The molecule has 0 radical (unpaired) electrons. The van der Waals surface area contributed by atoms with Crippen LogP contribution in [0.1, 0.15) is 30.9 Å². The number of piperidine rings is 1. The predicted molar refractivity (Wildman–Crippen MR) is 140 cm³/mol. The summed E-state index contributed by atoms with van der Waals surface area (Å²) in [5.74, 6) is 0.355. The number of rotatable bonds is 10. The first-order valence-electron chi connectivity index (χ1n) is 11.6. The van der Waals surface area contributed by atoms with Gasteiger partial charge in [-0.15, -0.1) is 11.8 Å². The quantitative estimate of drug-likeness (QED) is 0.321. The van der Waals surface area contributed by atoms with E-state index in [0.717, 1.165) is 57.3 Å². The highest BCUT2D eigenvalue weighted by atomic mass is 35.5. The number of nitrogens with two attached hydrogens (primary N) is 1. The van der Waals surface area contributed by atoms with Gasteiger partial charge in [0.25, 0.3) is 0 Å². The molecule has 2 unspecified atom stereocenters. The second-order valence-corrected chi connectivity index (χ2v) is 11.6. The number of pyridine rings is 1. The number of methoxy groups -OCH3 is 1. The molecular weight excluding hydrogens is 509 g/mol. The van der Waals surface area contributed by atoms with E-state index in [1.54, 1.807) is 31.1 Å². The van der Waals surface area contributed by atoms with E-state index >= 15 is 0 Å². The van der Waals surface area contributed by atoms with Crippen LogP contribution in [0.5, 0.6) is 5.75 Å². The first kappa shape index (κ1) is 26.2. The maximum absolute atomic E-state index is 13.2. The highest BCUT2D eigenvalue weighted by molar-refractivity contribution is 8.01. The first-order valence-corrected chi connectivity index (χ1v) is 13.7. The largest absolute Gasteiger partial charge is 0.497 e. The lowest BCUT2D eigenvalue weighted by molar-refractivity contribution is -0.146. The van der Waals surface area contributed by atoms with E-state index in [1.165, 1.54) is 6.07 Å². The Morgan fingerprint density at radius 3 is 2.97 bits per heavy atom. The van der Waals surface area contributed by atoms with Crippen molar-refractivity contribution >= 4 is 51.6 Å². The summed E-state index contributed by atoms with van der Waals surface area (Å²) in [6.45, 7) is 2.14. The van der Waals surface area contributed by atoms with Crippen LogP contribution in [0.15, 0.2) is 40.7 Å². The summed E-state index contributed by atoms with van der Waals surface area (Å²) in [4.78, 5) is 18.7. The van der Waals surface area contributed by atoms with Crippen LogP contribution in [-0.2, 0) is 4.79 Å². The lowest BCUT2D eigenvalue weighted by Gasteiger charge is -2.37. The Morgan fingerprint density at radius 1 is 1.43 bits per heavy atom. The molecule has 1 aromatic carbocycles. The van der Waals surface area contributed by atoms with Crippen molar-refractivity contribution in [2.75, 3.05) is 32.5 Å². The minimum absolute atomic E-state index is 0.0512. The summed E-state index contributed by atoms with van der Waals surface area (Å²) >= 11 is 9.25. The van der Waals surface area contributed by atoms with Crippen LogP contribution < -0.4 is 10.5 Å². The van der Waals surface area contributed by atoms with Gasteiger partial charge in [0.05, 0.1) is 27.8 Å². The van der Waals surface area contributed by atoms with Crippen LogP contribution in [0.3, 0.4) is 0 Å². The van der Waals surface area contributed by atoms with Crippen LogP contribution in [0.25, 0.3) is 10.9 Å². The number of hydrogen-bond acceptors (Lipinski definition) is 7. The third-order valence-corrected chi connectivity index (χ3v) is 9.03. The molecule has 1 fully saturated rings. The number of carboxylic acids is 1. The van der Waals surface area contributed by atoms with E-state index in [9.17, 15) is 14.3 Å². The Labute approximate surface area is 217 Å². The fourth-order valence-corrected chi connectivity index (χ4v) is 6.95. The molecule has 2 aromatic heterocycles. The number of thiophene rings is 1. The standard InChI is InChI=1S/C25H29ClFN3O3S2/c1-33-16-3-5-21-17(12-16)24(19(26)13-29-21)20(28)4-2-15-8-9-30(14-18(15)25(31)32)10-11-34-23-7-6-22(27)35-23/h3,5-7,12-13,15,18,20H,2,4,8-11,14,28H2,1H3,(H,31,32)/t15?,18?,20-/m1/s1. The predicted octanol–water partition coefficient (Wildman–Crippen LogP) is 5.69. The molecule has 0 saturated carbocycles. The average Bonchev–Trinajstić information content (AvgIpc) is 3.27. The molecule has 0 aliphatic carbocycles. The van der Waals surface area contributed by atoms with E-state index in [-0.39, 0.29) is 17.1 Å². The Kier molecular flexibility index (Phi) is 8.88. The number of ether oxygens (including phenoxy) is 1. The second-order valence-electron chi connectivity index (χ2n) is 8.79. The number of aliphatic carboxylic acids is 1. The van der Waals surface area contributed by atoms with Crippen molar-refractivity contribution in [3.05, 3.63) is 52.2 Å². The van der Waals surface area contributed by atoms with Crippen molar-refractivity contribution in [1.82, 2.24) is 9.88 Å². The monoisotopic (exact) mass is 537 g/mol. The molecule has 1 aliphatic heterocycles. The SMILES string of the molecule is COc1ccc2ncc(Cl)c([C@H](N)CCC3CCN(CCSc4ccc(F)s4)CC3C(=O)O)c2c1. The Bertz CT molecular complexity index is 1180. The van der Waals surface area contributed by atoms with Crippen molar-refractivity contribution in [2.24, 2.45) is 17.6 Å². The van der Waals surface area contributed by atoms with Gasteiger partial charge in [-0.05, 0) is 67.6 Å². The Hall–Kier alpha value is -1.91. The van der Waals surface area contributed by atoms with E-state index in [1.807, 2.05) is 18.2 Å². The first-order chi connectivity index (χ1) is 16.9. The second kappa shape index (κ2) is 11.9. The number of likely N-dealkylation sites (tertiary alicyclic amines) is 1. The van der Waals surface area contributed by atoms with E-state index < -0.39 is 11.9 Å². The number of thioether (sulfide) groups is 1. The fraction of sp³-hybridized carbons (Fsp3) is 0.440. The van der Waals surface area contributed by atoms with Gasteiger partial charge >= 0.3 is 5.97 Å². The topological polar surface area (TPSA) is 88.7 Å². The van der Waals surface area contributed by atoms with Gasteiger partial charge < -0.3 is 20.5 Å². The molecular formula is C25H29ClFN3O3S2. The number of nitrogens with zero attached hydrogens (tertiary/aromatic N) is 2. The van der Waals surface area contributed by atoms with Crippen molar-refractivity contribution < 1.29 is 19.0 Å².